The molecule has 0 spiro atoms. The Morgan fingerprint density at radius 3 is 2.33 bits per heavy atom. The molecule has 0 aromatic heterocycles. The standard InChI is InChI=1S/C15H13Cl2NO2S/c1-10-2-5-12(6-3-10)21(19,20)18-9-15(18)11-4-7-13(16)14(17)8-11/h2-8,15H,9H2,1H3. The van der Waals surface area contributed by atoms with Crippen LogP contribution >= 0.6 is 23.2 Å². The quantitative estimate of drug-likeness (QED) is 0.789. The van der Waals surface area contributed by atoms with Crippen LogP contribution in [0.15, 0.2) is 47.4 Å². The van der Waals surface area contributed by atoms with Gasteiger partial charge in [0.2, 0.25) is 10.0 Å². The van der Waals surface area contributed by atoms with Crippen LogP contribution in [0.3, 0.4) is 0 Å². The Labute approximate surface area is 134 Å². The maximum Gasteiger partial charge on any atom is 0.243 e. The topological polar surface area (TPSA) is 37.1 Å². The lowest BCUT2D eigenvalue weighted by molar-refractivity contribution is 0.554. The van der Waals surface area contributed by atoms with Crippen LogP contribution in [0.2, 0.25) is 10.0 Å². The zero-order chi connectivity index (χ0) is 15.2. The highest BCUT2D eigenvalue weighted by molar-refractivity contribution is 7.89. The highest BCUT2D eigenvalue weighted by Gasteiger charge is 2.45. The maximum absolute atomic E-state index is 12.5. The minimum atomic E-state index is -3.45. The predicted octanol–water partition coefficient (Wildman–Crippen LogP) is 4.05. The molecule has 0 radical (unpaired) electrons. The molecule has 1 fully saturated rings. The van der Waals surface area contributed by atoms with Gasteiger partial charge in [0.25, 0.3) is 0 Å². The normalized spacial score (nSPS) is 21.3. The smallest absolute Gasteiger partial charge is 0.207 e. The summed E-state index contributed by atoms with van der Waals surface area (Å²) in [4.78, 5) is 0.315. The average molecular weight is 342 g/mol. The Morgan fingerprint density at radius 1 is 1.05 bits per heavy atom. The van der Waals surface area contributed by atoms with Crippen LogP contribution in [0, 0.1) is 6.92 Å². The third-order valence-corrected chi connectivity index (χ3v) is 6.15. The number of hydrogen-bond donors (Lipinski definition) is 0. The van der Waals surface area contributed by atoms with E-state index >= 15 is 0 Å². The molecular weight excluding hydrogens is 329 g/mol. The number of rotatable bonds is 3. The molecule has 21 heavy (non-hydrogen) atoms. The van der Waals surface area contributed by atoms with E-state index in [2.05, 4.69) is 0 Å². The predicted molar refractivity (Wildman–Crippen MR) is 84.3 cm³/mol. The summed E-state index contributed by atoms with van der Waals surface area (Å²) in [5.41, 5.74) is 1.89. The first-order valence-corrected chi connectivity index (χ1v) is 8.62. The lowest BCUT2D eigenvalue weighted by atomic mass is 10.2. The van der Waals surface area contributed by atoms with Crippen LogP contribution in [-0.4, -0.2) is 19.3 Å². The molecule has 2 aromatic rings. The lowest BCUT2D eigenvalue weighted by Gasteiger charge is -2.07. The molecule has 3 nitrogen and oxygen atoms in total. The lowest BCUT2D eigenvalue weighted by Crippen LogP contribution is -2.12. The molecule has 1 aliphatic rings. The molecule has 6 heteroatoms. The van der Waals surface area contributed by atoms with Gasteiger partial charge in [-0.2, -0.15) is 4.31 Å². The summed E-state index contributed by atoms with van der Waals surface area (Å²) in [6.07, 6.45) is 0. The molecule has 0 amide bonds. The Hall–Kier alpha value is -1.07. The van der Waals surface area contributed by atoms with Gasteiger partial charge in [0, 0.05) is 6.54 Å². The Bertz CT molecular complexity index is 788. The second kappa shape index (κ2) is 5.29. The molecule has 0 saturated carbocycles. The van der Waals surface area contributed by atoms with Crippen LogP contribution in [0.4, 0.5) is 0 Å². The van der Waals surface area contributed by atoms with Crippen molar-refractivity contribution in [1.29, 1.82) is 0 Å². The summed E-state index contributed by atoms with van der Waals surface area (Å²) in [7, 11) is -3.45. The zero-order valence-electron chi connectivity index (χ0n) is 11.3. The van der Waals surface area contributed by atoms with Gasteiger partial charge >= 0.3 is 0 Å². The minimum Gasteiger partial charge on any atom is -0.207 e. The molecule has 2 atom stereocenters. The van der Waals surface area contributed by atoms with Crippen molar-refractivity contribution in [1.82, 2.24) is 4.31 Å². The van der Waals surface area contributed by atoms with Crippen LogP contribution in [0.1, 0.15) is 17.2 Å². The number of benzene rings is 2. The van der Waals surface area contributed by atoms with Gasteiger partial charge in [0.15, 0.2) is 0 Å². The molecule has 1 heterocycles. The van der Waals surface area contributed by atoms with Crippen molar-refractivity contribution in [2.75, 3.05) is 6.54 Å². The van der Waals surface area contributed by atoms with E-state index in [1.807, 2.05) is 13.0 Å². The van der Waals surface area contributed by atoms with Crippen molar-refractivity contribution in [3.63, 3.8) is 0 Å². The summed E-state index contributed by atoms with van der Waals surface area (Å²) in [6, 6.07) is 11.9. The minimum absolute atomic E-state index is 0.161. The highest BCUT2D eigenvalue weighted by atomic mass is 35.5. The first-order valence-electron chi connectivity index (χ1n) is 6.43. The van der Waals surface area contributed by atoms with Gasteiger partial charge in [-0.3, -0.25) is 0 Å². The first kappa shape index (κ1) is 14.9. The van der Waals surface area contributed by atoms with Crippen molar-refractivity contribution < 1.29 is 8.42 Å². The zero-order valence-corrected chi connectivity index (χ0v) is 13.6. The van der Waals surface area contributed by atoms with Crippen molar-refractivity contribution in [2.24, 2.45) is 0 Å². The first-order chi connectivity index (χ1) is 9.89. The Kier molecular flexibility index (Phi) is 3.74. The van der Waals surface area contributed by atoms with Crippen LogP contribution in [0.25, 0.3) is 0 Å². The van der Waals surface area contributed by atoms with Crippen LogP contribution < -0.4 is 0 Å². The van der Waals surface area contributed by atoms with Crippen molar-refractivity contribution in [3.05, 3.63) is 63.6 Å². The van der Waals surface area contributed by atoms with Crippen LogP contribution in [0.5, 0.6) is 0 Å². The molecule has 0 N–H and O–H groups in total. The van der Waals surface area contributed by atoms with E-state index in [9.17, 15) is 8.42 Å². The highest BCUT2D eigenvalue weighted by Crippen LogP contribution is 2.41. The molecule has 0 bridgehead atoms. The van der Waals surface area contributed by atoms with Crippen LogP contribution in [-0.2, 0) is 10.0 Å². The van der Waals surface area contributed by atoms with E-state index in [0.717, 1.165) is 11.1 Å². The van der Waals surface area contributed by atoms with Gasteiger partial charge in [0.1, 0.15) is 0 Å². The third kappa shape index (κ3) is 2.81. The monoisotopic (exact) mass is 341 g/mol. The number of sulfonamides is 1. The van der Waals surface area contributed by atoms with Crippen molar-refractivity contribution >= 4 is 33.2 Å². The summed E-state index contributed by atoms with van der Waals surface area (Å²) in [5, 5.41) is 0.905. The molecule has 3 rings (SSSR count). The SMILES string of the molecule is Cc1ccc(S(=O)(=O)N2CC2c2ccc(Cl)c(Cl)c2)cc1. The van der Waals surface area contributed by atoms with E-state index in [1.54, 1.807) is 36.4 Å². The van der Waals surface area contributed by atoms with E-state index in [1.165, 1.54) is 4.31 Å². The van der Waals surface area contributed by atoms with Crippen molar-refractivity contribution in [3.8, 4) is 0 Å². The Balaban J connectivity index is 1.86. The van der Waals surface area contributed by atoms with Gasteiger partial charge in [0.05, 0.1) is 21.0 Å². The van der Waals surface area contributed by atoms with E-state index in [-0.39, 0.29) is 6.04 Å². The molecule has 1 saturated heterocycles. The third-order valence-electron chi connectivity index (χ3n) is 3.52. The Morgan fingerprint density at radius 2 is 1.71 bits per heavy atom. The average Bonchev–Trinajstić information content (AvgIpc) is 3.23. The molecule has 110 valence electrons. The largest absolute Gasteiger partial charge is 0.243 e. The molecular formula is C15H13Cl2NO2S. The summed E-state index contributed by atoms with van der Waals surface area (Å²) < 4.78 is 26.5. The van der Waals surface area contributed by atoms with Gasteiger partial charge in [-0.1, -0.05) is 47.0 Å². The fraction of sp³-hybridized carbons (Fsp3) is 0.200. The summed E-state index contributed by atoms with van der Waals surface area (Å²) >= 11 is 11.9. The number of hydrogen-bond acceptors (Lipinski definition) is 2. The number of halogens is 2. The van der Waals surface area contributed by atoms with Gasteiger partial charge < -0.3 is 0 Å². The molecule has 0 aliphatic carbocycles. The maximum atomic E-state index is 12.5. The number of nitrogens with zero attached hydrogens (tertiary/aromatic N) is 1. The fourth-order valence-corrected chi connectivity index (χ4v) is 4.08. The summed E-state index contributed by atoms with van der Waals surface area (Å²) in [6.45, 7) is 2.39. The molecule has 1 aliphatic heterocycles. The molecule has 2 unspecified atom stereocenters. The number of aryl methyl sites for hydroxylation is 1. The van der Waals surface area contributed by atoms with E-state index in [0.29, 0.717) is 21.5 Å². The van der Waals surface area contributed by atoms with Gasteiger partial charge in [-0.05, 0) is 36.8 Å². The second-order valence-corrected chi connectivity index (χ2v) is 7.78. The van der Waals surface area contributed by atoms with Crippen molar-refractivity contribution in [2.45, 2.75) is 17.9 Å². The van der Waals surface area contributed by atoms with Gasteiger partial charge in [-0.15, -0.1) is 0 Å². The second-order valence-electron chi connectivity index (χ2n) is 5.08. The summed E-state index contributed by atoms with van der Waals surface area (Å²) in [5.74, 6) is 0. The van der Waals surface area contributed by atoms with E-state index in [4.69, 9.17) is 23.2 Å². The van der Waals surface area contributed by atoms with Gasteiger partial charge in [-0.25, -0.2) is 8.42 Å². The van der Waals surface area contributed by atoms with E-state index < -0.39 is 10.0 Å². The fourth-order valence-electron chi connectivity index (χ4n) is 2.23. The molecule has 2 aromatic carbocycles.